The molecule has 1 saturated heterocycles. The molecule has 1 aliphatic heterocycles. The Morgan fingerprint density at radius 2 is 1.66 bits per heavy atom. The predicted molar refractivity (Wildman–Crippen MR) is 116 cm³/mol. The number of hydrogen-bond donors (Lipinski definition) is 3. The highest BCUT2D eigenvalue weighted by molar-refractivity contribution is 5.82. The third-order valence-electron chi connectivity index (χ3n) is 5.96. The highest BCUT2D eigenvalue weighted by atomic mass is 16.5. The fraction of sp³-hybridized carbons (Fsp3) is 0.375. The van der Waals surface area contributed by atoms with Crippen molar-refractivity contribution >= 4 is 18.0 Å². The van der Waals surface area contributed by atoms with E-state index in [9.17, 15) is 14.4 Å². The molecule has 0 radical (unpaired) electrons. The number of alkyl carbamates (subject to hydrolysis) is 1. The second kappa shape index (κ2) is 9.82. The summed E-state index contributed by atoms with van der Waals surface area (Å²) in [6.07, 6.45) is -0.775. The van der Waals surface area contributed by atoms with Crippen LogP contribution >= 0.6 is 0 Å². The standard InChI is InChI=1S/C24H26N2O6/c27-21(28)9-11-25-23(29)22-15(10-12-31-22)13-26-24(30)32-14-20-18-7-3-1-5-16(18)17-6-2-4-8-19(17)20/h1-8,15,20,22H,9-14H2,(H,25,29)(H,26,30)(H,27,28)/t15-,22-/m1/s1. The molecule has 2 atom stereocenters. The van der Waals surface area contributed by atoms with Crippen molar-refractivity contribution in [1.29, 1.82) is 0 Å². The molecule has 2 aliphatic rings. The van der Waals surface area contributed by atoms with Crippen LogP contribution in [0.25, 0.3) is 11.1 Å². The van der Waals surface area contributed by atoms with Crippen LogP contribution in [-0.4, -0.2) is 55.5 Å². The van der Waals surface area contributed by atoms with Crippen LogP contribution < -0.4 is 10.6 Å². The van der Waals surface area contributed by atoms with E-state index < -0.39 is 18.2 Å². The van der Waals surface area contributed by atoms with Crippen LogP contribution in [0.15, 0.2) is 48.5 Å². The summed E-state index contributed by atoms with van der Waals surface area (Å²) in [6.45, 7) is 0.919. The van der Waals surface area contributed by atoms with E-state index in [1.165, 1.54) is 0 Å². The number of benzene rings is 2. The summed E-state index contributed by atoms with van der Waals surface area (Å²) in [6, 6.07) is 16.3. The van der Waals surface area contributed by atoms with Gasteiger partial charge in [-0.15, -0.1) is 0 Å². The molecular weight excluding hydrogens is 412 g/mol. The molecule has 4 rings (SSSR count). The number of fused-ring (bicyclic) bond motifs is 3. The van der Waals surface area contributed by atoms with Gasteiger partial charge < -0.3 is 25.2 Å². The van der Waals surface area contributed by atoms with E-state index in [1.54, 1.807) is 0 Å². The fourth-order valence-corrected chi connectivity index (χ4v) is 4.39. The lowest BCUT2D eigenvalue weighted by atomic mass is 9.98. The number of carbonyl (C=O) groups is 3. The van der Waals surface area contributed by atoms with Crippen molar-refractivity contribution in [2.45, 2.75) is 24.9 Å². The molecule has 0 saturated carbocycles. The number of aliphatic carboxylic acids is 1. The first-order valence-electron chi connectivity index (χ1n) is 10.7. The van der Waals surface area contributed by atoms with E-state index >= 15 is 0 Å². The van der Waals surface area contributed by atoms with Crippen molar-refractivity contribution in [1.82, 2.24) is 10.6 Å². The van der Waals surface area contributed by atoms with Crippen LogP contribution in [0.5, 0.6) is 0 Å². The number of nitrogens with one attached hydrogen (secondary N) is 2. The Morgan fingerprint density at radius 1 is 1.00 bits per heavy atom. The van der Waals surface area contributed by atoms with Gasteiger partial charge in [-0.25, -0.2) is 4.79 Å². The molecule has 3 N–H and O–H groups in total. The molecule has 0 aromatic heterocycles. The summed E-state index contributed by atoms with van der Waals surface area (Å²) in [5, 5.41) is 14.0. The molecule has 2 aromatic rings. The lowest BCUT2D eigenvalue weighted by Gasteiger charge is -2.19. The minimum Gasteiger partial charge on any atom is -0.481 e. The first kappa shape index (κ1) is 21.8. The average molecular weight is 438 g/mol. The number of amides is 2. The van der Waals surface area contributed by atoms with E-state index in [1.807, 2.05) is 24.3 Å². The number of ether oxygens (including phenoxy) is 2. The zero-order valence-corrected chi connectivity index (χ0v) is 17.6. The van der Waals surface area contributed by atoms with E-state index in [4.69, 9.17) is 14.6 Å². The van der Waals surface area contributed by atoms with Crippen molar-refractivity contribution in [2.24, 2.45) is 5.92 Å². The number of rotatable bonds is 8. The molecular formula is C24H26N2O6. The van der Waals surface area contributed by atoms with Gasteiger partial charge in [0, 0.05) is 31.5 Å². The van der Waals surface area contributed by atoms with Gasteiger partial charge in [0.2, 0.25) is 5.91 Å². The maximum absolute atomic E-state index is 12.4. The molecule has 8 nitrogen and oxygen atoms in total. The SMILES string of the molecule is O=C(O)CCNC(=O)[C@@H]1OCC[C@@H]1CNC(=O)OCC1c2ccccc2-c2ccccc21. The molecule has 168 valence electrons. The smallest absolute Gasteiger partial charge is 0.407 e. The van der Waals surface area contributed by atoms with Gasteiger partial charge in [-0.1, -0.05) is 48.5 Å². The van der Waals surface area contributed by atoms with Crippen LogP contribution in [-0.2, 0) is 19.1 Å². The Labute approximate surface area is 185 Å². The number of carbonyl (C=O) groups excluding carboxylic acids is 2. The summed E-state index contributed by atoms with van der Waals surface area (Å²) < 4.78 is 11.0. The lowest BCUT2D eigenvalue weighted by Crippen LogP contribution is -2.42. The Morgan fingerprint density at radius 3 is 2.31 bits per heavy atom. The molecule has 0 bridgehead atoms. The van der Waals surface area contributed by atoms with Gasteiger partial charge in [0.15, 0.2) is 0 Å². The zero-order chi connectivity index (χ0) is 22.5. The second-order valence-corrected chi connectivity index (χ2v) is 7.98. The summed E-state index contributed by atoms with van der Waals surface area (Å²) in [7, 11) is 0. The first-order chi connectivity index (χ1) is 15.5. The normalized spacial score (nSPS) is 19.1. The van der Waals surface area contributed by atoms with Crippen molar-refractivity contribution in [2.75, 3.05) is 26.3 Å². The molecule has 0 spiro atoms. The Balaban J connectivity index is 1.28. The Kier molecular flexibility index (Phi) is 6.70. The van der Waals surface area contributed by atoms with Gasteiger partial charge in [0.25, 0.3) is 0 Å². The minimum atomic E-state index is -0.980. The summed E-state index contributed by atoms with van der Waals surface area (Å²) >= 11 is 0. The zero-order valence-electron chi connectivity index (χ0n) is 17.6. The quantitative estimate of drug-likeness (QED) is 0.584. The van der Waals surface area contributed by atoms with E-state index in [2.05, 4.69) is 34.9 Å². The van der Waals surface area contributed by atoms with Gasteiger partial charge in [0.1, 0.15) is 12.7 Å². The van der Waals surface area contributed by atoms with E-state index in [0.717, 1.165) is 22.3 Å². The van der Waals surface area contributed by atoms with Gasteiger partial charge in [-0.05, 0) is 28.7 Å². The molecule has 2 aromatic carbocycles. The van der Waals surface area contributed by atoms with Crippen molar-refractivity contribution in [3.05, 3.63) is 59.7 Å². The van der Waals surface area contributed by atoms with Crippen molar-refractivity contribution in [3.8, 4) is 11.1 Å². The molecule has 8 heteroatoms. The summed E-state index contributed by atoms with van der Waals surface area (Å²) in [4.78, 5) is 35.2. The lowest BCUT2D eigenvalue weighted by molar-refractivity contribution is -0.137. The van der Waals surface area contributed by atoms with Crippen LogP contribution in [0.2, 0.25) is 0 Å². The molecule has 1 fully saturated rings. The topological polar surface area (TPSA) is 114 Å². The summed E-state index contributed by atoms with van der Waals surface area (Å²) in [5.74, 6) is -1.55. The Bertz CT molecular complexity index is 962. The number of carboxylic acids is 1. The second-order valence-electron chi connectivity index (χ2n) is 7.98. The Hall–Kier alpha value is -3.39. The maximum atomic E-state index is 12.4. The minimum absolute atomic E-state index is 0.0178. The highest BCUT2D eigenvalue weighted by Gasteiger charge is 2.34. The summed E-state index contributed by atoms with van der Waals surface area (Å²) in [5.41, 5.74) is 4.61. The van der Waals surface area contributed by atoms with Gasteiger partial charge in [-0.2, -0.15) is 0 Å². The molecule has 0 unspecified atom stereocenters. The molecule has 1 aliphatic carbocycles. The molecule has 32 heavy (non-hydrogen) atoms. The monoisotopic (exact) mass is 438 g/mol. The van der Waals surface area contributed by atoms with Gasteiger partial charge in [0.05, 0.1) is 6.42 Å². The third kappa shape index (κ3) is 4.75. The maximum Gasteiger partial charge on any atom is 0.407 e. The van der Waals surface area contributed by atoms with Gasteiger partial charge in [-0.3, -0.25) is 9.59 Å². The van der Waals surface area contributed by atoms with E-state index in [0.29, 0.717) is 13.0 Å². The predicted octanol–water partition coefficient (Wildman–Crippen LogP) is 2.52. The van der Waals surface area contributed by atoms with E-state index in [-0.39, 0.29) is 43.9 Å². The average Bonchev–Trinajstić information content (AvgIpc) is 3.39. The van der Waals surface area contributed by atoms with Crippen molar-refractivity contribution in [3.63, 3.8) is 0 Å². The fourth-order valence-electron chi connectivity index (χ4n) is 4.39. The van der Waals surface area contributed by atoms with Crippen molar-refractivity contribution < 1.29 is 29.0 Å². The first-order valence-corrected chi connectivity index (χ1v) is 10.7. The number of carboxylic acid groups (broad SMARTS) is 1. The molecule has 2 amide bonds. The highest BCUT2D eigenvalue weighted by Crippen LogP contribution is 2.44. The largest absolute Gasteiger partial charge is 0.481 e. The molecule has 1 heterocycles. The third-order valence-corrected chi connectivity index (χ3v) is 5.96. The van der Waals surface area contributed by atoms with Crippen LogP contribution in [0, 0.1) is 5.92 Å². The van der Waals surface area contributed by atoms with Crippen LogP contribution in [0.3, 0.4) is 0 Å². The number of hydrogen-bond acceptors (Lipinski definition) is 5. The van der Waals surface area contributed by atoms with Crippen LogP contribution in [0.1, 0.15) is 29.9 Å². The van der Waals surface area contributed by atoms with Crippen LogP contribution in [0.4, 0.5) is 4.79 Å². The van der Waals surface area contributed by atoms with Gasteiger partial charge >= 0.3 is 12.1 Å².